The minimum Gasteiger partial charge on any atom is -0.348 e. The summed E-state index contributed by atoms with van der Waals surface area (Å²) >= 11 is 0. The molecule has 0 spiro atoms. The van der Waals surface area contributed by atoms with Gasteiger partial charge in [-0.3, -0.25) is 4.98 Å². The first-order chi connectivity index (χ1) is 11.2. The van der Waals surface area contributed by atoms with E-state index < -0.39 is 0 Å². The summed E-state index contributed by atoms with van der Waals surface area (Å²) in [5.41, 5.74) is 2.25. The topological polar surface area (TPSA) is 50.2 Å². The smallest absolute Gasteiger partial charge is 0.318 e. The Morgan fingerprint density at radius 3 is 2.70 bits per heavy atom. The van der Waals surface area contributed by atoms with E-state index in [0.29, 0.717) is 6.54 Å². The molecule has 0 radical (unpaired) electrons. The Morgan fingerprint density at radius 1 is 1.26 bits per heavy atom. The van der Waals surface area contributed by atoms with E-state index in [4.69, 9.17) is 0 Å². The fraction of sp³-hybridized carbons (Fsp3) is 0.444. The van der Waals surface area contributed by atoms with Crippen LogP contribution in [0.5, 0.6) is 0 Å². The van der Waals surface area contributed by atoms with Crippen molar-refractivity contribution in [2.24, 2.45) is 0 Å². The molecule has 0 saturated carbocycles. The highest BCUT2D eigenvalue weighted by molar-refractivity contribution is 5.75. The number of rotatable bonds is 4. The summed E-state index contributed by atoms with van der Waals surface area (Å²) in [6, 6.07) is 8.32. The molecular weight excluding hydrogens is 288 g/mol. The van der Waals surface area contributed by atoms with E-state index >= 15 is 0 Å². The number of nitrogens with one attached hydrogen (secondary N) is 1. The maximum Gasteiger partial charge on any atom is 0.318 e. The fourth-order valence-electron chi connectivity index (χ4n) is 3.25. The molecule has 2 aromatic rings. The normalized spacial score (nSPS) is 17.2. The second kappa shape index (κ2) is 6.86. The zero-order valence-corrected chi connectivity index (χ0v) is 13.8. The number of hydrogen-bond donors (Lipinski definition) is 1. The van der Waals surface area contributed by atoms with Gasteiger partial charge >= 0.3 is 6.03 Å². The van der Waals surface area contributed by atoms with Crippen LogP contribution in [0.1, 0.15) is 44.0 Å². The Balaban J connectivity index is 1.91. The molecule has 5 heteroatoms. The molecule has 5 nitrogen and oxygen atoms in total. The summed E-state index contributed by atoms with van der Waals surface area (Å²) in [5.74, 6) is 0. The number of nitrogens with zero attached hydrogens (tertiary/aromatic N) is 3. The largest absolute Gasteiger partial charge is 0.348 e. The molecule has 0 fully saturated rings. The monoisotopic (exact) mass is 312 g/mol. The Hall–Kier alpha value is -2.30. The number of urea groups is 1. The molecule has 3 rings (SSSR count). The first-order valence-corrected chi connectivity index (χ1v) is 8.36. The quantitative estimate of drug-likeness (QED) is 0.942. The second-order valence-corrected chi connectivity index (χ2v) is 5.97. The van der Waals surface area contributed by atoms with Gasteiger partial charge in [0.2, 0.25) is 0 Å². The third-order valence-corrected chi connectivity index (χ3v) is 4.63. The van der Waals surface area contributed by atoms with Crippen LogP contribution in [0, 0.1) is 0 Å². The molecule has 2 amide bonds. The molecule has 0 aromatic carbocycles. The summed E-state index contributed by atoms with van der Waals surface area (Å²) in [5, 5.41) is 3.17. The van der Waals surface area contributed by atoms with Gasteiger partial charge in [-0.15, -0.1) is 0 Å². The van der Waals surface area contributed by atoms with E-state index in [-0.39, 0.29) is 18.1 Å². The van der Waals surface area contributed by atoms with Gasteiger partial charge in [0.1, 0.15) is 0 Å². The third kappa shape index (κ3) is 3.09. The highest BCUT2D eigenvalue weighted by atomic mass is 16.2. The van der Waals surface area contributed by atoms with Crippen LogP contribution in [0.3, 0.4) is 0 Å². The van der Waals surface area contributed by atoms with Crippen LogP contribution in [0.15, 0.2) is 42.9 Å². The Morgan fingerprint density at radius 2 is 2.00 bits per heavy atom. The van der Waals surface area contributed by atoms with Gasteiger partial charge in [-0.2, -0.15) is 0 Å². The van der Waals surface area contributed by atoms with E-state index in [2.05, 4.69) is 41.0 Å². The standard InChI is InChI=1S/C18H24N4O/c1-3-15(4-2)20-18(23)22-13-12-21-11-5-6-16(21)17(22)14-7-9-19-10-8-14/h5-11,15,17H,3-4,12-13H2,1-2H3,(H,20,23)/t17-/m0/s1. The predicted molar refractivity (Wildman–Crippen MR) is 90.1 cm³/mol. The van der Waals surface area contributed by atoms with E-state index in [1.54, 1.807) is 12.4 Å². The van der Waals surface area contributed by atoms with E-state index in [1.165, 1.54) is 0 Å². The first kappa shape index (κ1) is 15.6. The van der Waals surface area contributed by atoms with E-state index in [1.807, 2.05) is 23.1 Å². The Bertz CT molecular complexity index is 648. The molecule has 122 valence electrons. The lowest BCUT2D eigenvalue weighted by atomic mass is 10.0. The molecule has 0 saturated heterocycles. The van der Waals surface area contributed by atoms with Crippen LogP contribution in [-0.4, -0.2) is 33.1 Å². The minimum absolute atomic E-state index is 0.0213. The van der Waals surface area contributed by atoms with Gasteiger partial charge in [0.15, 0.2) is 0 Å². The van der Waals surface area contributed by atoms with Crippen molar-refractivity contribution in [2.45, 2.75) is 45.3 Å². The van der Waals surface area contributed by atoms with Crippen LogP contribution < -0.4 is 5.32 Å². The van der Waals surface area contributed by atoms with Crippen molar-refractivity contribution in [3.63, 3.8) is 0 Å². The van der Waals surface area contributed by atoms with Gasteiger partial charge in [-0.25, -0.2) is 4.79 Å². The Labute approximate surface area is 137 Å². The van der Waals surface area contributed by atoms with Crippen LogP contribution in [0.4, 0.5) is 4.79 Å². The number of hydrogen-bond acceptors (Lipinski definition) is 2. The fourth-order valence-corrected chi connectivity index (χ4v) is 3.25. The molecule has 3 heterocycles. The van der Waals surface area contributed by atoms with Crippen LogP contribution in [-0.2, 0) is 6.54 Å². The molecular formula is C18H24N4O. The predicted octanol–water partition coefficient (Wildman–Crippen LogP) is 3.19. The van der Waals surface area contributed by atoms with Gasteiger partial charge in [0.05, 0.1) is 6.04 Å². The number of aromatic nitrogens is 2. The molecule has 1 aliphatic rings. The van der Waals surface area contributed by atoms with E-state index in [9.17, 15) is 4.79 Å². The lowest BCUT2D eigenvalue weighted by Gasteiger charge is -2.38. The van der Waals surface area contributed by atoms with Gasteiger partial charge in [-0.1, -0.05) is 13.8 Å². The molecule has 23 heavy (non-hydrogen) atoms. The summed E-state index contributed by atoms with van der Waals surface area (Å²) in [6.45, 7) is 5.76. The second-order valence-electron chi connectivity index (χ2n) is 5.97. The van der Waals surface area contributed by atoms with Crippen molar-refractivity contribution in [2.75, 3.05) is 6.54 Å². The van der Waals surface area contributed by atoms with E-state index in [0.717, 1.165) is 30.6 Å². The summed E-state index contributed by atoms with van der Waals surface area (Å²) in [7, 11) is 0. The van der Waals surface area contributed by atoms with Crippen molar-refractivity contribution in [1.29, 1.82) is 0 Å². The molecule has 1 N–H and O–H groups in total. The highest BCUT2D eigenvalue weighted by Gasteiger charge is 2.32. The number of pyridine rings is 1. The van der Waals surface area contributed by atoms with Gasteiger partial charge < -0.3 is 14.8 Å². The SMILES string of the molecule is CCC(CC)NC(=O)N1CCn2cccc2[C@@H]1c1ccncc1. The van der Waals surface area contributed by atoms with Crippen molar-refractivity contribution in [3.8, 4) is 0 Å². The molecule has 1 aliphatic heterocycles. The lowest BCUT2D eigenvalue weighted by molar-refractivity contribution is 0.164. The molecule has 1 atom stereocenters. The molecule has 0 bridgehead atoms. The van der Waals surface area contributed by atoms with Crippen LogP contribution in [0.2, 0.25) is 0 Å². The maximum atomic E-state index is 12.8. The lowest BCUT2D eigenvalue weighted by Crippen LogP contribution is -2.49. The molecule has 0 aliphatic carbocycles. The summed E-state index contributed by atoms with van der Waals surface area (Å²) < 4.78 is 2.23. The summed E-state index contributed by atoms with van der Waals surface area (Å²) in [6.07, 6.45) is 7.56. The van der Waals surface area contributed by atoms with Gasteiger partial charge in [0.25, 0.3) is 0 Å². The first-order valence-electron chi connectivity index (χ1n) is 8.36. The zero-order chi connectivity index (χ0) is 16.2. The van der Waals surface area contributed by atoms with Crippen molar-refractivity contribution in [3.05, 3.63) is 54.1 Å². The van der Waals surface area contributed by atoms with Crippen LogP contribution in [0.25, 0.3) is 0 Å². The maximum absolute atomic E-state index is 12.8. The number of carbonyl (C=O) groups is 1. The number of amides is 2. The van der Waals surface area contributed by atoms with Crippen LogP contribution >= 0.6 is 0 Å². The highest BCUT2D eigenvalue weighted by Crippen LogP contribution is 2.32. The Kier molecular flexibility index (Phi) is 4.65. The van der Waals surface area contributed by atoms with Gasteiger partial charge in [0, 0.05) is 43.4 Å². The van der Waals surface area contributed by atoms with Gasteiger partial charge in [-0.05, 0) is 42.7 Å². The molecule has 0 unspecified atom stereocenters. The third-order valence-electron chi connectivity index (χ3n) is 4.63. The average molecular weight is 312 g/mol. The zero-order valence-electron chi connectivity index (χ0n) is 13.8. The van der Waals surface area contributed by atoms with Crippen molar-refractivity contribution < 1.29 is 4.79 Å². The average Bonchev–Trinajstić information content (AvgIpc) is 3.08. The minimum atomic E-state index is -0.0592. The van der Waals surface area contributed by atoms with Crippen molar-refractivity contribution >= 4 is 6.03 Å². The molecule has 2 aromatic heterocycles. The number of fused-ring (bicyclic) bond motifs is 1. The number of carbonyl (C=O) groups excluding carboxylic acids is 1. The summed E-state index contributed by atoms with van der Waals surface area (Å²) in [4.78, 5) is 18.9. The van der Waals surface area contributed by atoms with Crippen molar-refractivity contribution in [1.82, 2.24) is 19.8 Å².